The molecule has 0 aliphatic carbocycles. The van der Waals surface area contributed by atoms with Crippen LogP contribution in [0.4, 0.5) is 0 Å². The lowest BCUT2D eigenvalue weighted by Crippen LogP contribution is -2.47. The maximum absolute atomic E-state index is 6.04. The van der Waals surface area contributed by atoms with Crippen molar-refractivity contribution in [2.24, 2.45) is 16.3 Å². The lowest BCUT2D eigenvalue weighted by Gasteiger charge is -2.40. The first-order valence-electron chi connectivity index (χ1n) is 9.13. The molecule has 1 aliphatic heterocycles. The fraction of sp³-hybridized carbons (Fsp3) is 0.944. The molecule has 0 aromatic heterocycles. The van der Waals surface area contributed by atoms with Gasteiger partial charge in [-0.2, -0.15) is 0 Å². The molecule has 0 aromatic carbocycles. The zero-order valence-electron chi connectivity index (χ0n) is 16.2. The van der Waals surface area contributed by atoms with Crippen molar-refractivity contribution in [3.05, 3.63) is 0 Å². The summed E-state index contributed by atoms with van der Waals surface area (Å²) in [6.07, 6.45) is 4.97. The lowest BCUT2D eigenvalue weighted by atomic mass is 9.78. The number of ether oxygens (including phenoxy) is 2. The minimum atomic E-state index is 0. The van der Waals surface area contributed by atoms with Gasteiger partial charge in [0.15, 0.2) is 5.96 Å². The largest absolute Gasteiger partial charge is 0.380 e. The van der Waals surface area contributed by atoms with Gasteiger partial charge in [-0.15, -0.1) is 24.0 Å². The van der Waals surface area contributed by atoms with E-state index in [1.807, 2.05) is 7.05 Å². The molecule has 0 saturated carbocycles. The Morgan fingerprint density at radius 1 is 1.25 bits per heavy atom. The van der Waals surface area contributed by atoms with Gasteiger partial charge < -0.3 is 20.1 Å². The van der Waals surface area contributed by atoms with Gasteiger partial charge in [-0.25, -0.2) is 0 Å². The normalized spacial score (nSPS) is 22.0. The first-order chi connectivity index (χ1) is 11.0. The Morgan fingerprint density at radius 3 is 2.62 bits per heavy atom. The molecular weight excluding hydrogens is 417 g/mol. The summed E-state index contributed by atoms with van der Waals surface area (Å²) in [4.78, 5) is 4.29. The first-order valence-corrected chi connectivity index (χ1v) is 9.13. The molecule has 2 N–H and O–H groups in total. The molecule has 0 radical (unpaired) electrons. The van der Waals surface area contributed by atoms with Gasteiger partial charge in [-0.3, -0.25) is 4.99 Å². The average molecular weight is 455 g/mol. The number of unbranched alkanes of at least 4 members (excludes halogenated alkanes) is 1. The van der Waals surface area contributed by atoms with Crippen LogP contribution < -0.4 is 10.6 Å². The monoisotopic (exact) mass is 455 g/mol. The molecule has 1 rings (SSSR count). The molecular formula is C18H38IN3O2. The molecule has 0 bridgehead atoms. The molecule has 1 fully saturated rings. The van der Waals surface area contributed by atoms with E-state index in [-0.39, 0.29) is 29.4 Å². The van der Waals surface area contributed by atoms with Crippen LogP contribution in [0, 0.1) is 11.3 Å². The fourth-order valence-electron chi connectivity index (χ4n) is 3.05. The summed E-state index contributed by atoms with van der Waals surface area (Å²) in [5.41, 5.74) is 0.177. The highest BCUT2D eigenvalue weighted by Gasteiger charge is 2.35. The Hall–Kier alpha value is -0.0800. The number of guanidine groups is 1. The third kappa shape index (κ3) is 9.42. The minimum Gasteiger partial charge on any atom is -0.380 e. The molecule has 0 amide bonds. The summed E-state index contributed by atoms with van der Waals surface area (Å²) < 4.78 is 11.6. The third-order valence-corrected chi connectivity index (χ3v) is 4.23. The van der Waals surface area contributed by atoms with Gasteiger partial charge in [0.05, 0.1) is 12.7 Å². The molecule has 144 valence electrons. The Labute approximate surface area is 165 Å². The highest BCUT2D eigenvalue weighted by atomic mass is 127. The van der Waals surface area contributed by atoms with Crippen LogP contribution in [0.15, 0.2) is 4.99 Å². The second-order valence-electron chi connectivity index (χ2n) is 7.41. The number of hydrogen-bond acceptors (Lipinski definition) is 3. The number of hydrogen-bond donors (Lipinski definition) is 2. The van der Waals surface area contributed by atoms with Crippen LogP contribution in [0.5, 0.6) is 0 Å². The van der Waals surface area contributed by atoms with Crippen molar-refractivity contribution in [2.75, 3.05) is 40.0 Å². The summed E-state index contributed by atoms with van der Waals surface area (Å²) >= 11 is 0. The van der Waals surface area contributed by atoms with E-state index in [2.05, 4.69) is 43.3 Å². The maximum Gasteiger partial charge on any atom is 0.191 e. The van der Waals surface area contributed by atoms with Crippen LogP contribution in [0.25, 0.3) is 0 Å². The van der Waals surface area contributed by atoms with Crippen molar-refractivity contribution in [1.82, 2.24) is 10.6 Å². The van der Waals surface area contributed by atoms with Crippen molar-refractivity contribution in [3.63, 3.8) is 0 Å². The molecule has 24 heavy (non-hydrogen) atoms. The summed E-state index contributed by atoms with van der Waals surface area (Å²) in [7, 11) is 1.81. The highest BCUT2D eigenvalue weighted by Crippen LogP contribution is 2.33. The highest BCUT2D eigenvalue weighted by molar-refractivity contribution is 14.0. The van der Waals surface area contributed by atoms with Crippen molar-refractivity contribution in [3.8, 4) is 0 Å². The molecule has 6 heteroatoms. The number of nitrogens with one attached hydrogen (secondary N) is 2. The standard InChI is InChI=1S/C18H37N3O2.HI/c1-6-7-11-22-13-10-20-17(19-5)21-14-15-9-8-12-23-16(15)18(2,3)4;/h15-16H,6-14H2,1-5H3,(H2,19,20,21);1H. The van der Waals surface area contributed by atoms with Crippen LogP contribution in [0.3, 0.4) is 0 Å². The predicted molar refractivity (Wildman–Crippen MR) is 112 cm³/mol. The van der Waals surface area contributed by atoms with Crippen LogP contribution in [-0.2, 0) is 9.47 Å². The molecule has 1 saturated heterocycles. The van der Waals surface area contributed by atoms with Crippen LogP contribution in [0.1, 0.15) is 53.4 Å². The van der Waals surface area contributed by atoms with E-state index in [9.17, 15) is 0 Å². The van der Waals surface area contributed by atoms with Gasteiger partial charge in [-0.05, 0) is 24.7 Å². The minimum absolute atomic E-state index is 0. The van der Waals surface area contributed by atoms with Crippen molar-refractivity contribution >= 4 is 29.9 Å². The zero-order valence-corrected chi connectivity index (χ0v) is 18.5. The van der Waals surface area contributed by atoms with E-state index in [0.717, 1.165) is 51.7 Å². The van der Waals surface area contributed by atoms with E-state index in [1.54, 1.807) is 0 Å². The lowest BCUT2D eigenvalue weighted by molar-refractivity contribution is -0.0835. The Balaban J connectivity index is 0.00000529. The smallest absolute Gasteiger partial charge is 0.191 e. The SMILES string of the molecule is CCCCOCCNC(=NC)NCC1CCCOC1C(C)(C)C.I. The quantitative estimate of drug-likeness (QED) is 0.255. The molecule has 2 unspecified atom stereocenters. The summed E-state index contributed by atoms with van der Waals surface area (Å²) in [6, 6.07) is 0. The second kappa shape index (κ2) is 13.2. The molecule has 0 spiro atoms. The van der Waals surface area contributed by atoms with E-state index in [4.69, 9.17) is 9.47 Å². The van der Waals surface area contributed by atoms with E-state index < -0.39 is 0 Å². The Kier molecular flexibility index (Phi) is 13.1. The number of halogens is 1. The maximum atomic E-state index is 6.04. The topological polar surface area (TPSA) is 54.9 Å². The van der Waals surface area contributed by atoms with Crippen molar-refractivity contribution in [2.45, 2.75) is 59.5 Å². The number of aliphatic imine (C=N–C) groups is 1. The molecule has 1 aliphatic rings. The number of rotatable bonds is 8. The third-order valence-electron chi connectivity index (χ3n) is 4.23. The summed E-state index contributed by atoms with van der Waals surface area (Å²) in [5, 5.41) is 6.76. The molecule has 5 nitrogen and oxygen atoms in total. The van der Waals surface area contributed by atoms with Crippen LogP contribution >= 0.6 is 24.0 Å². The second-order valence-corrected chi connectivity index (χ2v) is 7.41. The predicted octanol–water partition coefficient (Wildman–Crippen LogP) is 3.43. The fourth-order valence-corrected chi connectivity index (χ4v) is 3.05. The zero-order chi connectivity index (χ0) is 17.1. The number of nitrogens with zero attached hydrogens (tertiary/aromatic N) is 1. The van der Waals surface area contributed by atoms with Gasteiger partial charge in [0.1, 0.15) is 0 Å². The molecule has 2 atom stereocenters. The average Bonchev–Trinajstić information content (AvgIpc) is 2.53. The van der Waals surface area contributed by atoms with E-state index in [0.29, 0.717) is 12.0 Å². The first kappa shape index (κ1) is 23.9. The van der Waals surface area contributed by atoms with Crippen LogP contribution in [0.2, 0.25) is 0 Å². The van der Waals surface area contributed by atoms with Gasteiger partial charge in [0.25, 0.3) is 0 Å². The van der Waals surface area contributed by atoms with E-state index in [1.165, 1.54) is 12.8 Å². The van der Waals surface area contributed by atoms with Gasteiger partial charge in [0.2, 0.25) is 0 Å². The summed E-state index contributed by atoms with van der Waals surface area (Å²) in [6.45, 7) is 13.1. The summed E-state index contributed by atoms with van der Waals surface area (Å²) in [5.74, 6) is 1.38. The Morgan fingerprint density at radius 2 is 2.00 bits per heavy atom. The molecule has 0 aromatic rings. The van der Waals surface area contributed by atoms with E-state index >= 15 is 0 Å². The van der Waals surface area contributed by atoms with Crippen molar-refractivity contribution in [1.29, 1.82) is 0 Å². The molecule has 1 heterocycles. The van der Waals surface area contributed by atoms with Crippen molar-refractivity contribution < 1.29 is 9.47 Å². The van der Waals surface area contributed by atoms with Gasteiger partial charge in [0, 0.05) is 39.3 Å². The van der Waals surface area contributed by atoms with Gasteiger partial charge >= 0.3 is 0 Å². The van der Waals surface area contributed by atoms with Crippen LogP contribution in [-0.4, -0.2) is 52.0 Å². The van der Waals surface area contributed by atoms with Gasteiger partial charge in [-0.1, -0.05) is 34.1 Å². The Bertz CT molecular complexity index is 346.